The van der Waals surface area contributed by atoms with Gasteiger partial charge in [0.1, 0.15) is 0 Å². The summed E-state index contributed by atoms with van der Waals surface area (Å²) in [6, 6.07) is 6.98. The van der Waals surface area contributed by atoms with Gasteiger partial charge >= 0.3 is 5.97 Å². The van der Waals surface area contributed by atoms with Crippen LogP contribution in [0.5, 0.6) is 0 Å². The summed E-state index contributed by atoms with van der Waals surface area (Å²) < 4.78 is 4.98. The van der Waals surface area contributed by atoms with Crippen molar-refractivity contribution in [1.82, 2.24) is 0 Å². The zero-order valence-corrected chi connectivity index (χ0v) is 14.9. The molecule has 0 unspecified atom stereocenters. The Hall–Kier alpha value is -1.84. The highest BCUT2D eigenvalue weighted by Crippen LogP contribution is 2.61. The first-order valence-corrected chi connectivity index (χ1v) is 9.62. The number of hydrogen-bond acceptors (Lipinski definition) is 3. The number of amides is 1. The van der Waals surface area contributed by atoms with Crippen LogP contribution in [0, 0.1) is 23.2 Å². The van der Waals surface area contributed by atoms with E-state index >= 15 is 0 Å². The Kier molecular flexibility index (Phi) is 4.30. The lowest BCUT2D eigenvalue weighted by molar-refractivity contribution is -0.124. The number of carbonyl (C=O) groups is 2. The molecule has 0 aromatic heterocycles. The first-order valence-electron chi connectivity index (χ1n) is 9.62. The van der Waals surface area contributed by atoms with Gasteiger partial charge in [0.2, 0.25) is 5.91 Å². The summed E-state index contributed by atoms with van der Waals surface area (Å²) in [5.41, 5.74) is 1.52. The maximum absolute atomic E-state index is 12.6. The third kappa shape index (κ3) is 3.44. The predicted molar refractivity (Wildman–Crippen MR) is 96.3 cm³/mol. The third-order valence-corrected chi connectivity index (χ3v) is 6.38. The molecule has 0 aliphatic heterocycles. The lowest BCUT2D eigenvalue weighted by Crippen LogP contribution is -2.47. The summed E-state index contributed by atoms with van der Waals surface area (Å²) in [6.45, 7) is 2.15. The van der Waals surface area contributed by atoms with Crippen LogP contribution in [0.3, 0.4) is 0 Å². The number of anilines is 1. The molecule has 0 heterocycles. The monoisotopic (exact) mass is 341 g/mol. The Morgan fingerprint density at radius 3 is 2.12 bits per heavy atom. The zero-order chi connectivity index (χ0) is 17.4. The normalized spacial score (nSPS) is 32.4. The SMILES string of the molecule is CCOC(=O)c1ccc(NC(=O)CC23CC4CC(CC(C4)C2)C3)cc1. The molecular formula is C21H27NO3. The van der Waals surface area contributed by atoms with E-state index in [1.54, 1.807) is 31.2 Å². The zero-order valence-electron chi connectivity index (χ0n) is 14.9. The number of nitrogens with one attached hydrogen (secondary N) is 1. The van der Waals surface area contributed by atoms with Crippen molar-refractivity contribution in [2.24, 2.45) is 23.2 Å². The van der Waals surface area contributed by atoms with E-state index in [-0.39, 0.29) is 17.3 Å². The Morgan fingerprint density at radius 1 is 1.04 bits per heavy atom. The molecule has 134 valence electrons. The lowest BCUT2D eigenvalue weighted by atomic mass is 9.49. The second-order valence-corrected chi connectivity index (χ2v) is 8.44. The molecule has 4 aliphatic carbocycles. The molecule has 25 heavy (non-hydrogen) atoms. The fourth-order valence-corrected chi connectivity index (χ4v) is 5.96. The second kappa shape index (κ2) is 6.47. The molecule has 1 aromatic rings. The minimum atomic E-state index is -0.325. The maximum Gasteiger partial charge on any atom is 0.338 e. The average molecular weight is 341 g/mol. The number of carbonyl (C=O) groups excluding carboxylic acids is 2. The molecule has 4 aliphatic rings. The highest BCUT2D eigenvalue weighted by molar-refractivity contribution is 5.93. The van der Waals surface area contributed by atoms with Gasteiger partial charge in [-0.05, 0) is 92.9 Å². The van der Waals surface area contributed by atoms with E-state index in [0.29, 0.717) is 18.6 Å². The number of esters is 1. The standard InChI is InChI=1S/C21H27NO3/c1-2-25-20(24)17-3-5-18(6-4-17)22-19(23)13-21-10-14-7-15(11-21)9-16(8-14)12-21/h3-6,14-16H,2,7-13H2,1H3,(H,22,23). The summed E-state index contributed by atoms with van der Waals surface area (Å²) in [4.78, 5) is 24.3. The first kappa shape index (κ1) is 16.6. The molecular weight excluding hydrogens is 314 g/mol. The van der Waals surface area contributed by atoms with E-state index in [1.165, 1.54) is 38.5 Å². The van der Waals surface area contributed by atoms with Crippen molar-refractivity contribution < 1.29 is 14.3 Å². The van der Waals surface area contributed by atoms with Crippen LogP contribution in [0.4, 0.5) is 5.69 Å². The van der Waals surface area contributed by atoms with Crippen molar-refractivity contribution in [2.45, 2.75) is 51.9 Å². The van der Waals surface area contributed by atoms with Gasteiger partial charge in [-0.2, -0.15) is 0 Å². The minimum Gasteiger partial charge on any atom is -0.462 e. The topological polar surface area (TPSA) is 55.4 Å². The Labute approximate surface area is 149 Å². The van der Waals surface area contributed by atoms with Gasteiger partial charge < -0.3 is 10.1 Å². The predicted octanol–water partition coefficient (Wildman–Crippen LogP) is 4.41. The molecule has 4 heteroatoms. The van der Waals surface area contributed by atoms with E-state index in [2.05, 4.69) is 5.32 Å². The van der Waals surface area contributed by atoms with E-state index in [9.17, 15) is 9.59 Å². The molecule has 0 radical (unpaired) electrons. The summed E-state index contributed by atoms with van der Waals surface area (Å²) in [5, 5.41) is 3.02. The molecule has 0 spiro atoms. The Balaban J connectivity index is 1.37. The quantitative estimate of drug-likeness (QED) is 0.807. The molecule has 4 saturated carbocycles. The van der Waals surface area contributed by atoms with Crippen LogP contribution in [0.15, 0.2) is 24.3 Å². The highest BCUT2D eigenvalue weighted by Gasteiger charge is 2.51. The number of benzene rings is 1. The van der Waals surface area contributed by atoms with Crippen LogP contribution in [-0.2, 0) is 9.53 Å². The molecule has 5 rings (SSSR count). The number of hydrogen-bond donors (Lipinski definition) is 1. The van der Waals surface area contributed by atoms with Crippen molar-refractivity contribution in [1.29, 1.82) is 0 Å². The summed E-state index contributed by atoms with van der Waals surface area (Å²) in [7, 11) is 0. The molecule has 4 bridgehead atoms. The fourth-order valence-electron chi connectivity index (χ4n) is 5.96. The van der Waals surface area contributed by atoms with Crippen molar-refractivity contribution >= 4 is 17.6 Å². The van der Waals surface area contributed by atoms with Gasteiger partial charge in [0.05, 0.1) is 12.2 Å². The van der Waals surface area contributed by atoms with Crippen LogP contribution in [0.1, 0.15) is 62.2 Å². The lowest BCUT2D eigenvalue weighted by Gasteiger charge is -2.56. The average Bonchev–Trinajstić information content (AvgIpc) is 2.53. The molecule has 4 nitrogen and oxygen atoms in total. The van der Waals surface area contributed by atoms with E-state index in [1.807, 2.05) is 0 Å². The molecule has 1 aromatic carbocycles. The van der Waals surface area contributed by atoms with Gasteiger partial charge in [0, 0.05) is 12.1 Å². The van der Waals surface area contributed by atoms with Crippen molar-refractivity contribution in [3.63, 3.8) is 0 Å². The molecule has 4 fully saturated rings. The van der Waals surface area contributed by atoms with E-state index < -0.39 is 0 Å². The van der Waals surface area contributed by atoms with Crippen LogP contribution in [-0.4, -0.2) is 18.5 Å². The first-order chi connectivity index (χ1) is 12.0. The van der Waals surface area contributed by atoms with Crippen molar-refractivity contribution in [2.75, 3.05) is 11.9 Å². The molecule has 0 atom stereocenters. The molecule has 1 N–H and O–H groups in total. The number of ether oxygens (including phenoxy) is 1. The Bertz CT molecular complexity index is 629. The van der Waals surface area contributed by atoms with E-state index in [0.717, 1.165) is 23.4 Å². The van der Waals surface area contributed by atoms with Gasteiger partial charge in [-0.25, -0.2) is 4.79 Å². The maximum atomic E-state index is 12.6. The summed E-state index contributed by atoms with van der Waals surface area (Å²) in [6.07, 6.45) is 8.58. The minimum absolute atomic E-state index is 0.117. The van der Waals surface area contributed by atoms with Crippen LogP contribution in [0.25, 0.3) is 0 Å². The van der Waals surface area contributed by atoms with Gasteiger partial charge in [-0.3, -0.25) is 4.79 Å². The number of rotatable bonds is 5. The third-order valence-electron chi connectivity index (χ3n) is 6.38. The van der Waals surface area contributed by atoms with Crippen LogP contribution < -0.4 is 5.32 Å². The fraction of sp³-hybridized carbons (Fsp3) is 0.619. The summed E-state index contributed by atoms with van der Waals surface area (Å²) >= 11 is 0. The van der Waals surface area contributed by atoms with Gasteiger partial charge in [0.25, 0.3) is 0 Å². The molecule has 1 amide bonds. The van der Waals surface area contributed by atoms with Crippen LogP contribution >= 0.6 is 0 Å². The highest BCUT2D eigenvalue weighted by atomic mass is 16.5. The van der Waals surface area contributed by atoms with Gasteiger partial charge in [-0.15, -0.1) is 0 Å². The van der Waals surface area contributed by atoms with E-state index in [4.69, 9.17) is 4.74 Å². The smallest absolute Gasteiger partial charge is 0.338 e. The largest absolute Gasteiger partial charge is 0.462 e. The Morgan fingerprint density at radius 2 is 1.60 bits per heavy atom. The van der Waals surface area contributed by atoms with Gasteiger partial charge in [-0.1, -0.05) is 0 Å². The van der Waals surface area contributed by atoms with Gasteiger partial charge in [0.15, 0.2) is 0 Å². The summed E-state index contributed by atoms with van der Waals surface area (Å²) in [5.74, 6) is 2.38. The molecule has 0 saturated heterocycles. The van der Waals surface area contributed by atoms with Crippen molar-refractivity contribution in [3.8, 4) is 0 Å². The van der Waals surface area contributed by atoms with Crippen molar-refractivity contribution in [3.05, 3.63) is 29.8 Å². The second-order valence-electron chi connectivity index (χ2n) is 8.44. The van der Waals surface area contributed by atoms with Crippen LogP contribution in [0.2, 0.25) is 0 Å².